The van der Waals surface area contributed by atoms with Crippen LogP contribution < -0.4 is 4.74 Å². The third-order valence-corrected chi connectivity index (χ3v) is 3.75. The number of hydrogen-bond acceptors (Lipinski definition) is 4. The molecule has 0 radical (unpaired) electrons. The van der Waals surface area contributed by atoms with Gasteiger partial charge in [-0.05, 0) is 29.8 Å². The van der Waals surface area contributed by atoms with E-state index >= 15 is 0 Å². The smallest absolute Gasteiger partial charge is 0.224 e. The molecule has 24 heavy (non-hydrogen) atoms. The molecule has 1 aromatic carbocycles. The fourth-order valence-corrected chi connectivity index (χ4v) is 2.67. The average Bonchev–Trinajstić information content (AvgIpc) is 2.81. The van der Waals surface area contributed by atoms with E-state index in [9.17, 15) is 9.18 Å². The first-order valence-electron chi connectivity index (χ1n) is 6.94. The van der Waals surface area contributed by atoms with Crippen LogP contribution in [0.1, 0.15) is 12.0 Å². The Balaban J connectivity index is 0.00000144. The Morgan fingerprint density at radius 2 is 1.92 bits per heavy atom. The summed E-state index contributed by atoms with van der Waals surface area (Å²) < 4.78 is 18.3. The summed E-state index contributed by atoms with van der Waals surface area (Å²) in [4.78, 5) is 17.7. The number of ether oxygens (including phenoxy) is 1. The van der Waals surface area contributed by atoms with E-state index in [1.165, 1.54) is 12.1 Å². The minimum Gasteiger partial charge on any atom is -0.439 e. The summed E-state index contributed by atoms with van der Waals surface area (Å²) >= 11 is 4.33. The summed E-state index contributed by atoms with van der Waals surface area (Å²) in [6.07, 6.45) is 2.17. The highest BCUT2D eigenvalue weighted by molar-refractivity contribution is 7.81. The molecule has 1 atom stereocenters. The second kappa shape index (κ2) is 9.11. The van der Waals surface area contributed by atoms with Gasteiger partial charge in [0.1, 0.15) is 11.6 Å². The fourth-order valence-electron chi connectivity index (χ4n) is 2.31. The van der Waals surface area contributed by atoms with Crippen molar-refractivity contribution in [3.05, 3.63) is 54.0 Å². The second-order valence-electron chi connectivity index (χ2n) is 5.19. The fraction of sp³-hybridized carbons (Fsp3) is 0.250. The summed E-state index contributed by atoms with van der Waals surface area (Å²) in [5.74, 6) is 0.754. The van der Waals surface area contributed by atoms with Crippen LogP contribution >= 0.6 is 37.4 Å². The number of pyridine rings is 1. The number of rotatable bonds is 4. The van der Waals surface area contributed by atoms with Crippen molar-refractivity contribution in [3.63, 3.8) is 0 Å². The molecule has 1 aliphatic heterocycles. The lowest BCUT2D eigenvalue weighted by Crippen LogP contribution is -2.24. The number of carbonyl (C=O) groups excluding carboxylic acids is 1. The molecule has 0 N–H and O–H groups in total. The third kappa shape index (κ3) is 5.26. The van der Waals surface area contributed by atoms with Gasteiger partial charge in [0.05, 0.1) is 0 Å². The molecule has 2 heterocycles. The summed E-state index contributed by atoms with van der Waals surface area (Å²) in [6, 6.07) is 9.34. The summed E-state index contributed by atoms with van der Waals surface area (Å²) in [6.45, 7) is 1.19. The first-order chi connectivity index (χ1) is 10.6. The first kappa shape index (κ1) is 20.5. The predicted octanol–water partition coefficient (Wildman–Crippen LogP) is 3.89. The zero-order chi connectivity index (χ0) is 15.5. The Bertz CT molecular complexity index is 671. The predicted molar refractivity (Wildman–Crippen MR) is 98.0 cm³/mol. The molecule has 1 aliphatic rings. The van der Waals surface area contributed by atoms with Crippen LogP contribution in [0.3, 0.4) is 0 Å². The van der Waals surface area contributed by atoms with Gasteiger partial charge in [-0.3, -0.25) is 4.79 Å². The number of carbonyl (C=O) groups is 1. The zero-order valence-corrected chi connectivity index (χ0v) is 15.1. The Kier molecular flexibility index (Phi) is 7.79. The van der Waals surface area contributed by atoms with Gasteiger partial charge in [0.15, 0.2) is 0 Å². The number of likely N-dealkylation sites (tertiary alicyclic amines) is 1. The highest BCUT2D eigenvalue weighted by atomic mass is 35.5. The van der Waals surface area contributed by atoms with Crippen LogP contribution in [-0.2, 0) is 11.3 Å². The zero-order valence-electron chi connectivity index (χ0n) is 12.6. The molecular formula is C16H17Cl2FN2O2S. The van der Waals surface area contributed by atoms with Crippen LogP contribution in [-0.4, -0.2) is 27.6 Å². The maximum Gasteiger partial charge on any atom is 0.224 e. The highest BCUT2D eigenvalue weighted by Gasteiger charge is 2.26. The SMILES string of the molecule is Cl.Cl.O=C1C[C@@H](S)CN1Cc1ccc(Oc2ccc(F)cc2)nc1. The van der Waals surface area contributed by atoms with Gasteiger partial charge in [0, 0.05) is 37.0 Å². The van der Waals surface area contributed by atoms with Crippen LogP contribution in [0.4, 0.5) is 4.39 Å². The monoisotopic (exact) mass is 390 g/mol. The van der Waals surface area contributed by atoms with E-state index in [4.69, 9.17) is 4.74 Å². The molecule has 1 amide bonds. The van der Waals surface area contributed by atoms with Crippen molar-refractivity contribution in [1.29, 1.82) is 0 Å². The molecule has 8 heteroatoms. The molecule has 4 nitrogen and oxygen atoms in total. The van der Waals surface area contributed by atoms with Crippen LogP contribution in [0.2, 0.25) is 0 Å². The van der Waals surface area contributed by atoms with Crippen LogP contribution in [0, 0.1) is 5.82 Å². The number of nitrogens with zero attached hydrogens (tertiary/aromatic N) is 2. The molecule has 130 valence electrons. The van der Waals surface area contributed by atoms with Gasteiger partial charge in [-0.15, -0.1) is 24.8 Å². The van der Waals surface area contributed by atoms with Crippen LogP contribution in [0.25, 0.3) is 0 Å². The largest absolute Gasteiger partial charge is 0.439 e. The second-order valence-corrected chi connectivity index (χ2v) is 5.92. The van der Waals surface area contributed by atoms with Crippen molar-refractivity contribution in [2.45, 2.75) is 18.2 Å². The van der Waals surface area contributed by atoms with Crippen molar-refractivity contribution >= 4 is 43.4 Å². The minimum absolute atomic E-state index is 0. The first-order valence-corrected chi connectivity index (χ1v) is 7.46. The topological polar surface area (TPSA) is 42.4 Å². The van der Waals surface area contributed by atoms with E-state index in [2.05, 4.69) is 17.6 Å². The van der Waals surface area contributed by atoms with Crippen molar-refractivity contribution in [2.75, 3.05) is 6.54 Å². The molecule has 2 aromatic rings. The molecule has 1 saturated heterocycles. The number of amides is 1. The Morgan fingerprint density at radius 3 is 2.46 bits per heavy atom. The summed E-state index contributed by atoms with van der Waals surface area (Å²) in [7, 11) is 0. The molecule has 0 bridgehead atoms. The standard InChI is InChI=1S/C16H15FN2O2S.2ClH/c17-12-2-4-13(5-3-12)21-15-6-1-11(8-18-15)9-19-10-14(22)7-16(19)20;;/h1-6,8,14,22H,7,9-10H2;2*1H/t14-;;/m1../s1. The highest BCUT2D eigenvalue weighted by Crippen LogP contribution is 2.21. The lowest BCUT2D eigenvalue weighted by atomic mass is 10.2. The molecule has 0 unspecified atom stereocenters. The molecule has 0 aliphatic carbocycles. The van der Waals surface area contributed by atoms with Gasteiger partial charge in [0.2, 0.25) is 11.8 Å². The molecule has 0 saturated carbocycles. The van der Waals surface area contributed by atoms with Gasteiger partial charge >= 0.3 is 0 Å². The summed E-state index contributed by atoms with van der Waals surface area (Å²) in [5, 5.41) is 0.113. The minimum atomic E-state index is -0.312. The van der Waals surface area contributed by atoms with Gasteiger partial charge in [-0.25, -0.2) is 9.37 Å². The number of hydrogen-bond donors (Lipinski definition) is 1. The quantitative estimate of drug-likeness (QED) is 0.805. The molecule has 3 rings (SSSR count). The normalized spacial score (nSPS) is 16.3. The van der Waals surface area contributed by atoms with Crippen molar-refractivity contribution in [2.24, 2.45) is 0 Å². The molecular weight excluding hydrogens is 374 g/mol. The van der Waals surface area contributed by atoms with Gasteiger partial charge in [-0.2, -0.15) is 12.6 Å². The van der Waals surface area contributed by atoms with Crippen LogP contribution in [0.5, 0.6) is 11.6 Å². The van der Waals surface area contributed by atoms with E-state index in [0.29, 0.717) is 31.1 Å². The Hall–Kier alpha value is -1.50. The van der Waals surface area contributed by atoms with Gasteiger partial charge in [-0.1, -0.05) is 6.07 Å². The molecule has 1 fully saturated rings. The number of benzene rings is 1. The van der Waals surface area contributed by atoms with E-state index in [-0.39, 0.29) is 41.8 Å². The average molecular weight is 391 g/mol. The lowest BCUT2D eigenvalue weighted by Gasteiger charge is -2.15. The van der Waals surface area contributed by atoms with Crippen LogP contribution in [0.15, 0.2) is 42.6 Å². The lowest BCUT2D eigenvalue weighted by molar-refractivity contribution is -0.128. The van der Waals surface area contributed by atoms with Crippen molar-refractivity contribution in [1.82, 2.24) is 9.88 Å². The Labute approximate surface area is 157 Å². The van der Waals surface area contributed by atoms with Crippen molar-refractivity contribution < 1.29 is 13.9 Å². The number of thiol groups is 1. The summed E-state index contributed by atoms with van der Waals surface area (Å²) in [5.41, 5.74) is 0.933. The van der Waals surface area contributed by atoms with Crippen molar-refractivity contribution in [3.8, 4) is 11.6 Å². The van der Waals surface area contributed by atoms with E-state index in [1.54, 1.807) is 29.3 Å². The maximum absolute atomic E-state index is 12.8. The molecule has 0 spiro atoms. The van der Waals surface area contributed by atoms with Gasteiger partial charge in [0.25, 0.3) is 0 Å². The maximum atomic E-state index is 12.8. The van der Waals surface area contributed by atoms with E-state index in [1.807, 2.05) is 6.07 Å². The molecule has 1 aromatic heterocycles. The van der Waals surface area contributed by atoms with Gasteiger partial charge < -0.3 is 9.64 Å². The number of halogens is 3. The number of aromatic nitrogens is 1. The van der Waals surface area contributed by atoms with E-state index < -0.39 is 0 Å². The Morgan fingerprint density at radius 1 is 1.21 bits per heavy atom. The third-order valence-electron chi connectivity index (χ3n) is 3.40. The van der Waals surface area contributed by atoms with E-state index in [0.717, 1.165) is 5.56 Å².